The molecule has 2 aromatic rings. The standard InChI is InChI=1S/C15H15F2NO/c16-13-8-7-12(10-14(13)17)19-15-6-2-1-4-11(15)5-3-9-18/h1-2,4,6-8,10H,3,5,9,18H2. The van der Waals surface area contributed by atoms with Gasteiger partial charge in [0.1, 0.15) is 11.5 Å². The topological polar surface area (TPSA) is 35.2 Å². The summed E-state index contributed by atoms with van der Waals surface area (Å²) in [5.41, 5.74) is 6.48. The SMILES string of the molecule is NCCCc1ccccc1Oc1ccc(F)c(F)c1. The second kappa shape index (κ2) is 6.29. The molecule has 2 aromatic carbocycles. The third kappa shape index (κ3) is 3.51. The lowest BCUT2D eigenvalue weighted by atomic mass is 10.1. The zero-order valence-electron chi connectivity index (χ0n) is 10.4. The molecule has 0 spiro atoms. The maximum Gasteiger partial charge on any atom is 0.162 e. The van der Waals surface area contributed by atoms with Gasteiger partial charge in [-0.15, -0.1) is 0 Å². The van der Waals surface area contributed by atoms with E-state index >= 15 is 0 Å². The number of aryl methyl sites for hydroxylation is 1. The lowest BCUT2D eigenvalue weighted by molar-refractivity contribution is 0.457. The van der Waals surface area contributed by atoms with E-state index in [9.17, 15) is 8.78 Å². The molecular weight excluding hydrogens is 248 g/mol. The molecule has 2 rings (SSSR count). The quantitative estimate of drug-likeness (QED) is 0.893. The average molecular weight is 263 g/mol. The molecule has 0 aromatic heterocycles. The molecule has 100 valence electrons. The van der Waals surface area contributed by atoms with Crippen molar-refractivity contribution in [3.05, 3.63) is 59.7 Å². The van der Waals surface area contributed by atoms with Crippen LogP contribution in [0.3, 0.4) is 0 Å². The molecule has 0 unspecified atom stereocenters. The van der Waals surface area contributed by atoms with Gasteiger partial charge in [0.2, 0.25) is 0 Å². The number of benzene rings is 2. The van der Waals surface area contributed by atoms with Gasteiger partial charge >= 0.3 is 0 Å². The van der Waals surface area contributed by atoms with Crippen molar-refractivity contribution >= 4 is 0 Å². The fourth-order valence-electron chi connectivity index (χ4n) is 1.77. The number of hydrogen-bond donors (Lipinski definition) is 1. The van der Waals surface area contributed by atoms with Crippen molar-refractivity contribution in [2.24, 2.45) is 5.73 Å². The molecule has 0 heterocycles. The molecule has 19 heavy (non-hydrogen) atoms. The van der Waals surface area contributed by atoms with Gasteiger partial charge in [0, 0.05) is 6.07 Å². The van der Waals surface area contributed by atoms with Crippen molar-refractivity contribution < 1.29 is 13.5 Å². The van der Waals surface area contributed by atoms with E-state index < -0.39 is 11.6 Å². The van der Waals surface area contributed by atoms with Crippen LogP contribution < -0.4 is 10.5 Å². The highest BCUT2D eigenvalue weighted by Crippen LogP contribution is 2.27. The van der Waals surface area contributed by atoms with Gasteiger partial charge in [0.25, 0.3) is 0 Å². The highest BCUT2D eigenvalue weighted by molar-refractivity contribution is 5.38. The van der Waals surface area contributed by atoms with Crippen LogP contribution in [-0.2, 0) is 6.42 Å². The van der Waals surface area contributed by atoms with Crippen molar-refractivity contribution in [2.45, 2.75) is 12.8 Å². The van der Waals surface area contributed by atoms with Crippen LogP contribution in [0.2, 0.25) is 0 Å². The number of rotatable bonds is 5. The van der Waals surface area contributed by atoms with Crippen molar-refractivity contribution in [1.29, 1.82) is 0 Å². The van der Waals surface area contributed by atoms with Crippen molar-refractivity contribution in [2.75, 3.05) is 6.54 Å². The molecule has 0 bridgehead atoms. The molecule has 0 aliphatic carbocycles. The average Bonchev–Trinajstić information content (AvgIpc) is 2.42. The number of ether oxygens (including phenoxy) is 1. The molecule has 0 saturated heterocycles. The predicted molar refractivity (Wildman–Crippen MR) is 70.2 cm³/mol. The van der Waals surface area contributed by atoms with Crippen LogP contribution in [0, 0.1) is 11.6 Å². The molecule has 0 fully saturated rings. The lowest BCUT2D eigenvalue weighted by Gasteiger charge is -2.11. The summed E-state index contributed by atoms with van der Waals surface area (Å²) in [5.74, 6) is -0.887. The summed E-state index contributed by atoms with van der Waals surface area (Å²) in [6.07, 6.45) is 1.63. The van der Waals surface area contributed by atoms with Gasteiger partial charge in [0.15, 0.2) is 11.6 Å². The number of halogens is 2. The predicted octanol–water partition coefficient (Wildman–Crippen LogP) is 3.65. The first-order chi connectivity index (χ1) is 9.20. The number of nitrogens with two attached hydrogens (primary N) is 1. The third-order valence-corrected chi connectivity index (χ3v) is 2.74. The zero-order valence-corrected chi connectivity index (χ0v) is 10.4. The third-order valence-electron chi connectivity index (χ3n) is 2.74. The minimum Gasteiger partial charge on any atom is -0.457 e. The van der Waals surface area contributed by atoms with E-state index in [2.05, 4.69) is 0 Å². The van der Waals surface area contributed by atoms with Gasteiger partial charge in [-0.1, -0.05) is 18.2 Å². The molecule has 0 aliphatic rings. The Bertz CT molecular complexity index is 558. The van der Waals surface area contributed by atoms with Crippen LogP contribution in [-0.4, -0.2) is 6.54 Å². The second-order valence-electron chi connectivity index (χ2n) is 4.18. The fraction of sp³-hybridized carbons (Fsp3) is 0.200. The van der Waals surface area contributed by atoms with Gasteiger partial charge in [-0.3, -0.25) is 0 Å². The monoisotopic (exact) mass is 263 g/mol. The number of hydrogen-bond acceptors (Lipinski definition) is 2. The number of para-hydroxylation sites is 1. The summed E-state index contributed by atoms with van der Waals surface area (Å²) in [6.45, 7) is 0.597. The van der Waals surface area contributed by atoms with E-state index in [-0.39, 0.29) is 5.75 Å². The van der Waals surface area contributed by atoms with E-state index in [0.29, 0.717) is 12.3 Å². The maximum atomic E-state index is 13.1. The van der Waals surface area contributed by atoms with E-state index in [4.69, 9.17) is 10.5 Å². The van der Waals surface area contributed by atoms with Crippen LogP contribution in [0.4, 0.5) is 8.78 Å². The van der Waals surface area contributed by atoms with Crippen LogP contribution in [0.25, 0.3) is 0 Å². The smallest absolute Gasteiger partial charge is 0.162 e. The Morgan fingerprint density at radius 3 is 2.53 bits per heavy atom. The summed E-state index contributed by atoms with van der Waals surface area (Å²) in [5, 5.41) is 0. The summed E-state index contributed by atoms with van der Waals surface area (Å²) in [7, 11) is 0. The molecule has 0 amide bonds. The van der Waals surface area contributed by atoms with E-state index in [0.717, 1.165) is 30.5 Å². The first-order valence-corrected chi connectivity index (χ1v) is 6.11. The van der Waals surface area contributed by atoms with Gasteiger partial charge < -0.3 is 10.5 Å². The minimum atomic E-state index is -0.920. The molecule has 2 N–H and O–H groups in total. The largest absolute Gasteiger partial charge is 0.457 e. The Labute approximate surface area is 110 Å². The normalized spacial score (nSPS) is 10.5. The van der Waals surface area contributed by atoms with Crippen LogP contribution in [0.15, 0.2) is 42.5 Å². The van der Waals surface area contributed by atoms with E-state index in [1.807, 2.05) is 18.2 Å². The summed E-state index contributed by atoms with van der Waals surface area (Å²) >= 11 is 0. The van der Waals surface area contributed by atoms with Crippen LogP contribution >= 0.6 is 0 Å². The molecular formula is C15H15F2NO. The first-order valence-electron chi connectivity index (χ1n) is 6.11. The molecule has 0 aliphatic heterocycles. The lowest BCUT2D eigenvalue weighted by Crippen LogP contribution is -2.01. The Hall–Kier alpha value is -1.94. The van der Waals surface area contributed by atoms with Gasteiger partial charge in [-0.2, -0.15) is 0 Å². The summed E-state index contributed by atoms with van der Waals surface area (Å²) in [6, 6.07) is 11.0. The molecule has 2 nitrogen and oxygen atoms in total. The Kier molecular flexibility index (Phi) is 4.47. The van der Waals surface area contributed by atoms with E-state index in [1.54, 1.807) is 6.07 Å². The Morgan fingerprint density at radius 1 is 1.00 bits per heavy atom. The van der Waals surface area contributed by atoms with Gasteiger partial charge in [-0.25, -0.2) is 8.78 Å². The highest BCUT2D eigenvalue weighted by Gasteiger charge is 2.07. The summed E-state index contributed by atoms with van der Waals surface area (Å²) in [4.78, 5) is 0. The zero-order chi connectivity index (χ0) is 13.7. The van der Waals surface area contributed by atoms with E-state index in [1.165, 1.54) is 6.07 Å². The Balaban J connectivity index is 2.20. The minimum absolute atomic E-state index is 0.277. The maximum absolute atomic E-state index is 13.1. The van der Waals surface area contributed by atoms with Crippen molar-refractivity contribution in [3.63, 3.8) is 0 Å². The Morgan fingerprint density at radius 2 is 1.79 bits per heavy atom. The van der Waals surface area contributed by atoms with Crippen molar-refractivity contribution in [3.8, 4) is 11.5 Å². The van der Waals surface area contributed by atoms with Gasteiger partial charge in [-0.05, 0) is 43.1 Å². The first kappa shape index (κ1) is 13.5. The highest BCUT2D eigenvalue weighted by atomic mass is 19.2. The second-order valence-corrected chi connectivity index (χ2v) is 4.18. The molecule has 0 radical (unpaired) electrons. The fourth-order valence-corrected chi connectivity index (χ4v) is 1.77. The molecule has 0 saturated carbocycles. The van der Waals surface area contributed by atoms with Gasteiger partial charge in [0.05, 0.1) is 0 Å². The van der Waals surface area contributed by atoms with Crippen molar-refractivity contribution in [1.82, 2.24) is 0 Å². The summed E-state index contributed by atoms with van der Waals surface area (Å²) < 4.78 is 31.5. The van der Waals surface area contributed by atoms with Crippen LogP contribution in [0.5, 0.6) is 11.5 Å². The molecule has 0 atom stereocenters. The van der Waals surface area contributed by atoms with Crippen LogP contribution in [0.1, 0.15) is 12.0 Å². The molecule has 4 heteroatoms.